The van der Waals surface area contributed by atoms with E-state index in [4.69, 9.17) is 11.6 Å². The van der Waals surface area contributed by atoms with Crippen LogP contribution >= 0.6 is 11.6 Å². The summed E-state index contributed by atoms with van der Waals surface area (Å²) < 4.78 is 28.7. The molecule has 0 N–H and O–H groups in total. The number of halogens is 3. The van der Waals surface area contributed by atoms with Crippen molar-refractivity contribution in [2.75, 3.05) is 0 Å². The Morgan fingerprint density at radius 3 is 2.87 bits per heavy atom. The zero-order chi connectivity index (χ0) is 11.0. The maximum atomic E-state index is 12.1. The third-order valence-corrected chi connectivity index (χ3v) is 3.37. The molecule has 2 atom stereocenters. The fourth-order valence-electron chi connectivity index (χ4n) is 2.00. The Kier molecular flexibility index (Phi) is 2.83. The second-order valence-electron chi connectivity index (χ2n) is 3.79. The number of rotatable bonds is 2. The van der Waals surface area contributed by atoms with E-state index in [0.29, 0.717) is 6.42 Å². The minimum atomic E-state index is -2.78. The van der Waals surface area contributed by atoms with Gasteiger partial charge in [-0.05, 0) is 29.5 Å². The second-order valence-corrected chi connectivity index (χ2v) is 4.26. The zero-order valence-electron chi connectivity index (χ0n) is 8.21. The lowest BCUT2D eigenvalue weighted by Crippen LogP contribution is -2.04. The van der Waals surface area contributed by atoms with Crippen molar-refractivity contribution in [3.05, 3.63) is 29.3 Å². The van der Waals surface area contributed by atoms with E-state index in [1.807, 2.05) is 13.0 Å². The quantitative estimate of drug-likeness (QED) is 0.706. The number of benzene rings is 1. The Labute approximate surface area is 92.0 Å². The summed E-state index contributed by atoms with van der Waals surface area (Å²) in [5, 5.41) is -0.0961. The van der Waals surface area contributed by atoms with E-state index in [0.717, 1.165) is 11.1 Å². The Bertz CT molecular complexity index is 368. The fraction of sp³-hybridized carbons (Fsp3) is 0.455. The summed E-state index contributed by atoms with van der Waals surface area (Å²) in [7, 11) is 0. The third kappa shape index (κ3) is 1.93. The standard InChI is InChI=1S/C11H11ClF2O/c1-6-5-8-7(10(6)12)3-2-4-9(8)15-11(13)14/h2-4,6,10-11H,5H2,1H3. The second kappa shape index (κ2) is 3.97. The molecule has 0 bridgehead atoms. The molecule has 1 aromatic carbocycles. The van der Waals surface area contributed by atoms with Crippen LogP contribution < -0.4 is 4.74 Å². The lowest BCUT2D eigenvalue weighted by Gasteiger charge is -2.09. The molecule has 0 fully saturated rings. The Morgan fingerprint density at radius 2 is 2.20 bits per heavy atom. The number of ether oxygens (including phenoxy) is 1. The first kappa shape index (κ1) is 10.7. The molecular formula is C11H11ClF2O. The van der Waals surface area contributed by atoms with Crippen LogP contribution in [0.15, 0.2) is 18.2 Å². The first-order valence-electron chi connectivity index (χ1n) is 4.80. The van der Waals surface area contributed by atoms with Gasteiger partial charge in [0.1, 0.15) is 5.75 Å². The average Bonchev–Trinajstić information content (AvgIpc) is 2.45. The molecule has 0 spiro atoms. The molecule has 0 saturated heterocycles. The van der Waals surface area contributed by atoms with E-state index in [1.165, 1.54) is 0 Å². The maximum Gasteiger partial charge on any atom is 0.387 e. The Morgan fingerprint density at radius 1 is 1.47 bits per heavy atom. The molecule has 0 saturated carbocycles. The highest BCUT2D eigenvalue weighted by Gasteiger charge is 2.30. The maximum absolute atomic E-state index is 12.1. The first-order chi connectivity index (χ1) is 7.09. The number of hydrogen-bond donors (Lipinski definition) is 0. The van der Waals surface area contributed by atoms with Gasteiger partial charge in [0.25, 0.3) is 0 Å². The van der Waals surface area contributed by atoms with Crippen LogP contribution in [0.2, 0.25) is 0 Å². The smallest absolute Gasteiger partial charge is 0.387 e. The van der Waals surface area contributed by atoms with E-state index in [-0.39, 0.29) is 17.0 Å². The topological polar surface area (TPSA) is 9.23 Å². The van der Waals surface area contributed by atoms with Gasteiger partial charge in [-0.25, -0.2) is 0 Å². The highest BCUT2D eigenvalue weighted by atomic mass is 35.5. The van der Waals surface area contributed by atoms with E-state index < -0.39 is 6.61 Å². The molecule has 0 heterocycles. The fourth-order valence-corrected chi connectivity index (χ4v) is 2.29. The minimum absolute atomic E-state index is 0.0961. The van der Waals surface area contributed by atoms with Gasteiger partial charge < -0.3 is 4.74 Å². The zero-order valence-corrected chi connectivity index (χ0v) is 8.97. The SMILES string of the molecule is CC1Cc2c(OC(F)F)cccc2C1Cl. The van der Waals surface area contributed by atoms with Crippen molar-refractivity contribution >= 4 is 11.6 Å². The van der Waals surface area contributed by atoms with E-state index in [1.54, 1.807) is 12.1 Å². The highest BCUT2D eigenvalue weighted by molar-refractivity contribution is 6.21. The van der Waals surface area contributed by atoms with E-state index >= 15 is 0 Å². The largest absolute Gasteiger partial charge is 0.435 e. The molecular weight excluding hydrogens is 222 g/mol. The van der Waals surface area contributed by atoms with Gasteiger partial charge in [0.2, 0.25) is 0 Å². The molecule has 0 amide bonds. The predicted molar refractivity (Wildman–Crippen MR) is 54.5 cm³/mol. The van der Waals surface area contributed by atoms with Gasteiger partial charge in [-0.2, -0.15) is 8.78 Å². The Hall–Kier alpha value is -0.830. The van der Waals surface area contributed by atoms with Crippen molar-refractivity contribution in [2.24, 2.45) is 5.92 Å². The molecule has 0 aromatic heterocycles. The molecule has 15 heavy (non-hydrogen) atoms. The van der Waals surface area contributed by atoms with Crippen LogP contribution in [0.1, 0.15) is 23.4 Å². The number of alkyl halides is 3. The predicted octanol–water partition coefficient (Wildman–Crippen LogP) is 3.76. The lowest BCUT2D eigenvalue weighted by molar-refractivity contribution is -0.0504. The van der Waals surface area contributed by atoms with Gasteiger partial charge in [0.05, 0.1) is 5.38 Å². The number of hydrogen-bond acceptors (Lipinski definition) is 1. The summed E-state index contributed by atoms with van der Waals surface area (Å²) >= 11 is 6.16. The summed E-state index contributed by atoms with van der Waals surface area (Å²) in [4.78, 5) is 0. The molecule has 2 unspecified atom stereocenters. The molecule has 1 aliphatic rings. The average molecular weight is 233 g/mol. The molecule has 0 radical (unpaired) electrons. The van der Waals surface area contributed by atoms with Crippen molar-refractivity contribution in [3.8, 4) is 5.75 Å². The van der Waals surface area contributed by atoms with Gasteiger partial charge in [-0.1, -0.05) is 19.1 Å². The van der Waals surface area contributed by atoms with Crippen LogP contribution in [0.3, 0.4) is 0 Å². The highest BCUT2D eigenvalue weighted by Crippen LogP contribution is 2.44. The first-order valence-corrected chi connectivity index (χ1v) is 5.24. The van der Waals surface area contributed by atoms with Crippen LogP contribution in [-0.4, -0.2) is 6.61 Å². The van der Waals surface area contributed by atoms with Gasteiger partial charge in [0.15, 0.2) is 0 Å². The normalized spacial score (nSPS) is 24.3. The molecule has 2 rings (SSSR count). The van der Waals surface area contributed by atoms with Crippen molar-refractivity contribution in [1.29, 1.82) is 0 Å². The van der Waals surface area contributed by atoms with Crippen molar-refractivity contribution in [1.82, 2.24) is 0 Å². The van der Waals surface area contributed by atoms with E-state index in [2.05, 4.69) is 4.74 Å². The van der Waals surface area contributed by atoms with Gasteiger partial charge >= 0.3 is 6.61 Å². The molecule has 82 valence electrons. The summed E-state index contributed by atoms with van der Waals surface area (Å²) in [5.41, 5.74) is 1.74. The summed E-state index contributed by atoms with van der Waals surface area (Å²) in [6, 6.07) is 5.13. The molecule has 1 nitrogen and oxygen atoms in total. The summed E-state index contributed by atoms with van der Waals surface area (Å²) in [6.45, 7) is -0.773. The van der Waals surface area contributed by atoms with E-state index in [9.17, 15) is 8.78 Å². The van der Waals surface area contributed by atoms with Crippen molar-refractivity contribution in [2.45, 2.75) is 25.3 Å². The van der Waals surface area contributed by atoms with Crippen LogP contribution in [0, 0.1) is 5.92 Å². The molecule has 1 aliphatic carbocycles. The van der Waals surface area contributed by atoms with Gasteiger partial charge in [-0.15, -0.1) is 11.6 Å². The van der Waals surface area contributed by atoms with Crippen molar-refractivity contribution < 1.29 is 13.5 Å². The minimum Gasteiger partial charge on any atom is -0.435 e. The van der Waals surface area contributed by atoms with Crippen LogP contribution in [0.4, 0.5) is 8.78 Å². The molecule has 0 aliphatic heterocycles. The Balaban J connectivity index is 2.36. The molecule has 1 aromatic rings. The third-order valence-electron chi connectivity index (χ3n) is 2.71. The van der Waals surface area contributed by atoms with Gasteiger partial charge in [-0.3, -0.25) is 0 Å². The van der Waals surface area contributed by atoms with Crippen LogP contribution in [0.25, 0.3) is 0 Å². The van der Waals surface area contributed by atoms with Crippen molar-refractivity contribution in [3.63, 3.8) is 0 Å². The summed E-state index contributed by atoms with van der Waals surface area (Å²) in [5.74, 6) is 0.529. The monoisotopic (exact) mass is 232 g/mol. The van der Waals surface area contributed by atoms with Crippen LogP contribution in [-0.2, 0) is 6.42 Å². The lowest BCUT2D eigenvalue weighted by atomic mass is 10.1. The number of fused-ring (bicyclic) bond motifs is 1. The molecule has 4 heteroatoms. The van der Waals surface area contributed by atoms with Crippen LogP contribution in [0.5, 0.6) is 5.75 Å². The summed E-state index contributed by atoms with van der Waals surface area (Å²) in [6.07, 6.45) is 0.701. The van der Waals surface area contributed by atoms with Gasteiger partial charge in [0, 0.05) is 0 Å².